The number of hydrogen-bond donors (Lipinski definition) is 1. The fraction of sp³-hybridized carbons (Fsp3) is 0.548. The molecule has 2 fully saturated rings. The molecule has 0 atom stereocenters. The fourth-order valence-corrected chi connectivity index (χ4v) is 4.67. The molecule has 0 aromatic heterocycles. The van der Waals surface area contributed by atoms with Crippen LogP contribution in [0.1, 0.15) is 79.1 Å². The lowest BCUT2D eigenvalue weighted by molar-refractivity contribution is 0.123. The van der Waals surface area contributed by atoms with Crippen LogP contribution in [0, 0.1) is 11.8 Å². The van der Waals surface area contributed by atoms with Crippen molar-refractivity contribution in [3.8, 4) is 0 Å². The summed E-state index contributed by atoms with van der Waals surface area (Å²) in [4.78, 5) is 9.48. The standard InChI is InChI=1S/C16H23N.C13H17NO.C2H6/c1-12(2)14-6-10-16(11-7-14)17-15-8-4-13(3)5-9-15;1-10-2-4-11(5-3-10)14-12-6-8-13(15)9-7-12;1-2/h4-5,8-9,12,14,16H,3,6-7,10-11H2,1-2H3;2-5,12-13,15H,1,6-9H2;1-2H3. The Morgan fingerprint density at radius 1 is 0.647 bits per heavy atom. The molecule has 0 aromatic carbocycles. The zero-order chi connectivity index (χ0) is 24.9. The average Bonchev–Trinajstić information content (AvgIpc) is 2.85. The molecule has 4 aliphatic carbocycles. The Morgan fingerprint density at radius 2 is 1.00 bits per heavy atom. The molecule has 0 unspecified atom stereocenters. The molecule has 0 aromatic rings. The molecule has 1 N–H and O–H groups in total. The van der Waals surface area contributed by atoms with Crippen LogP contribution < -0.4 is 0 Å². The van der Waals surface area contributed by atoms with Crippen LogP contribution in [-0.2, 0) is 0 Å². The second kappa shape index (κ2) is 14.9. The first kappa shape index (κ1) is 28.0. The minimum absolute atomic E-state index is 0.0985. The number of rotatable bonds is 3. The van der Waals surface area contributed by atoms with E-state index >= 15 is 0 Å². The molecule has 4 rings (SSSR count). The summed E-state index contributed by atoms with van der Waals surface area (Å²) >= 11 is 0. The van der Waals surface area contributed by atoms with Crippen molar-refractivity contribution >= 4 is 11.4 Å². The maximum Gasteiger partial charge on any atom is 0.0578 e. The van der Waals surface area contributed by atoms with E-state index in [4.69, 9.17) is 4.99 Å². The van der Waals surface area contributed by atoms with Gasteiger partial charge in [-0.2, -0.15) is 0 Å². The van der Waals surface area contributed by atoms with Crippen LogP contribution in [0.15, 0.2) is 82.9 Å². The summed E-state index contributed by atoms with van der Waals surface area (Å²) < 4.78 is 0. The Kier molecular flexibility index (Phi) is 12.2. The van der Waals surface area contributed by atoms with E-state index in [1.54, 1.807) is 0 Å². The quantitative estimate of drug-likeness (QED) is 0.457. The Labute approximate surface area is 208 Å². The van der Waals surface area contributed by atoms with Gasteiger partial charge in [-0.05, 0) is 98.7 Å². The van der Waals surface area contributed by atoms with Crippen molar-refractivity contribution < 1.29 is 5.11 Å². The Morgan fingerprint density at radius 3 is 1.35 bits per heavy atom. The zero-order valence-electron chi connectivity index (χ0n) is 21.9. The van der Waals surface area contributed by atoms with E-state index in [-0.39, 0.29) is 6.10 Å². The fourth-order valence-electron chi connectivity index (χ4n) is 4.67. The molecule has 34 heavy (non-hydrogen) atoms. The number of aliphatic hydroxyl groups excluding tert-OH is 1. The predicted molar refractivity (Wildman–Crippen MR) is 150 cm³/mol. The zero-order valence-corrected chi connectivity index (χ0v) is 21.9. The number of allylic oxidation sites excluding steroid dienone is 10. The first-order valence-corrected chi connectivity index (χ1v) is 13.3. The number of aliphatic hydroxyl groups is 1. The Bertz CT molecular complexity index is 801. The van der Waals surface area contributed by atoms with Crippen LogP contribution in [0.2, 0.25) is 0 Å². The van der Waals surface area contributed by atoms with Crippen LogP contribution in [0.3, 0.4) is 0 Å². The van der Waals surface area contributed by atoms with Gasteiger partial charge in [0.15, 0.2) is 0 Å². The number of aliphatic imine (C=N–C) groups is 2. The topological polar surface area (TPSA) is 45.0 Å². The van der Waals surface area contributed by atoms with E-state index in [1.807, 2.05) is 50.3 Å². The second-order valence-electron chi connectivity index (χ2n) is 9.87. The lowest BCUT2D eigenvalue weighted by atomic mass is 9.80. The number of hydrogen-bond acceptors (Lipinski definition) is 3. The minimum atomic E-state index is -0.0985. The highest BCUT2D eigenvalue weighted by molar-refractivity contribution is 6.06. The highest BCUT2D eigenvalue weighted by Gasteiger charge is 2.23. The Balaban J connectivity index is 0.000000225. The average molecular weight is 463 g/mol. The number of nitrogens with zero attached hydrogens (tertiary/aromatic N) is 2. The SMILES string of the molecule is C=C1C=CC(=NC2CCC(C(C)C)CC2)C=C1.C=C1C=CC(=NC2CCC(O)CC2)C=C1.CC. The summed E-state index contributed by atoms with van der Waals surface area (Å²) in [5, 5.41) is 9.38. The molecule has 0 amide bonds. The summed E-state index contributed by atoms with van der Waals surface area (Å²) in [5.41, 5.74) is 4.23. The van der Waals surface area contributed by atoms with Crippen LogP contribution in [0.5, 0.6) is 0 Å². The van der Waals surface area contributed by atoms with Gasteiger partial charge in [0.05, 0.1) is 29.6 Å². The highest BCUT2D eigenvalue weighted by Crippen LogP contribution is 2.31. The normalized spacial score (nSPS) is 28.2. The summed E-state index contributed by atoms with van der Waals surface area (Å²) in [6, 6.07) is 0.935. The van der Waals surface area contributed by atoms with Gasteiger partial charge in [-0.25, -0.2) is 0 Å². The molecule has 0 aliphatic heterocycles. The summed E-state index contributed by atoms with van der Waals surface area (Å²) in [5.74, 6) is 1.75. The van der Waals surface area contributed by atoms with Gasteiger partial charge in [-0.1, -0.05) is 65.2 Å². The van der Waals surface area contributed by atoms with Crippen LogP contribution in [-0.4, -0.2) is 34.7 Å². The molecule has 3 heteroatoms. The molecule has 186 valence electrons. The van der Waals surface area contributed by atoms with Crippen LogP contribution in [0.25, 0.3) is 0 Å². The second-order valence-corrected chi connectivity index (χ2v) is 9.87. The molecule has 0 heterocycles. The third kappa shape index (κ3) is 9.93. The highest BCUT2D eigenvalue weighted by atomic mass is 16.3. The van der Waals surface area contributed by atoms with Crippen molar-refractivity contribution in [3.05, 3.63) is 72.9 Å². The molecular weight excluding hydrogens is 416 g/mol. The van der Waals surface area contributed by atoms with Gasteiger partial charge >= 0.3 is 0 Å². The van der Waals surface area contributed by atoms with Crippen molar-refractivity contribution in [1.29, 1.82) is 0 Å². The summed E-state index contributed by atoms with van der Waals surface area (Å²) in [7, 11) is 0. The molecular formula is C31H46N2O. The Hall–Kier alpha value is -2.26. The molecule has 2 saturated carbocycles. The molecule has 0 radical (unpaired) electrons. The van der Waals surface area contributed by atoms with E-state index < -0.39 is 0 Å². The molecule has 0 saturated heterocycles. The maximum atomic E-state index is 9.38. The molecule has 3 nitrogen and oxygen atoms in total. The van der Waals surface area contributed by atoms with E-state index in [0.29, 0.717) is 12.1 Å². The monoisotopic (exact) mass is 462 g/mol. The van der Waals surface area contributed by atoms with E-state index in [2.05, 4.69) is 44.1 Å². The smallest absolute Gasteiger partial charge is 0.0578 e. The van der Waals surface area contributed by atoms with Crippen molar-refractivity contribution in [3.63, 3.8) is 0 Å². The van der Waals surface area contributed by atoms with Crippen molar-refractivity contribution in [2.24, 2.45) is 21.8 Å². The molecule has 4 aliphatic rings. The van der Waals surface area contributed by atoms with Gasteiger partial charge in [0.1, 0.15) is 0 Å². The lowest BCUT2D eigenvalue weighted by Gasteiger charge is -2.29. The van der Waals surface area contributed by atoms with Gasteiger partial charge in [-0.3, -0.25) is 9.98 Å². The van der Waals surface area contributed by atoms with E-state index in [9.17, 15) is 5.11 Å². The largest absolute Gasteiger partial charge is 0.393 e. The first-order valence-electron chi connectivity index (χ1n) is 13.3. The van der Waals surface area contributed by atoms with Crippen molar-refractivity contribution in [1.82, 2.24) is 0 Å². The summed E-state index contributed by atoms with van der Waals surface area (Å²) in [6.07, 6.45) is 25.1. The lowest BCUT2D eigenvalue weighted by Crippen LogP contribution is -2.21. The first-order chi connectivity index (χ1) is 16.4. The van der Waals surface area contributed by atoms with Crippen LogP contribution in [0.4, 0.5) is 0 Å². The van der Waals surface area contributed by atoms with Gasteiger partial charge in [0, 0.05) is 0 Å². The third-order valence-corrected chi connectivity index (χ3v) is 6.89. The van der Waals surface area contributed by atoms with Crippen molar-refractivity contribution in [2.75, 3.05) is 0 Å². The van der Waals surface area contributed by atoms with E-state index in [1.165, 1.54) is 25.7 Å². The van der Waals surface area contributed by atoms with E-state index in [0.717, 1.165) is 60.1 Å². The summed E-state index contributed by atoms with van der Waals surface area (Å²) in [6.45, 7) is 16.4. The molecule has 0 bridgehead atoms. The maximum absolute atomic E-state index is 9.38. The van der Waals surface area contributed by atoms with Crippen LogP contribution >= 0.6 is 0 Å². The van der Waals surface area contributed by atoms with Crippen molar-refractivity contribution in [2.45, 2.75) is 97.2 Å². The minimum Gasteiger partial charge on any atom is -0.393 e. The van der Waals surface area contributed by atoms with Gasteiger partial charge in [-0.15, -0.1) is 0 Å². The van der Waals surface area contributed by atoms with Gasteiger partial charge in [0.25, 0.3) is 0 Å². The van der Waals surface area contributed by atoms with Gasteiger partial charge < -0.3 is 5.11 Å². The predicted octanol–water partition coefficient (Wildman–Crippen LogP) is 7.76. The molecule has 0 spiro atoms. The van der Waals surface area contributed by atoms with Gasteiger partial charge in [0.2, 0.25) is 0 Å². The third-order valence-electron chi connectivity index (χ3n) is 6.89.